The first-order valence-electron chi connectivity index (χ1n) is 7.10. The molecule has 120 valence electrons. The first-order chi connectivity index (χ1) is 9.08. The van der Waals surface area contributed by atoms with E-state index in [9.17, 15) is 13.6 Å². The largest absolute Gasteiger partial charge is 0.444 e. The molecule has 0 aromatic heterocycles. The molecule has 0 spiro atoms. The summed E-state index contributed by atoms with van der Waals surface area (Å²) in [6, 6.07) is -0.328. The van der Waals surface area contributed by atoms with Crippen molar-refractivity contribution in [3.63, 3.8) is 0 Å². The minimum Gasteiger partial charge on any atom is -0.444 e. The number of hydrogen-bond donors (Lipinski definition) is 0. The molecule has 0 saturated carbocycles. The van der Waals surface area contributed by atoms with Crippen molar-refractivity contribution in [1.29, 1.82) is 0 Å². The Morgan fingerprint density at radius 1 is 1.25 bits per heavy atom. The lowest BCUT2D eigenvalue weighted by molar-refractivity contribution is -0.229. The Labute approximate surface area is 120 Å². The number of ether oxygens (including phenoxy) is 2. The predicted octanol–water partition coefficient (Wildman–Crippen LogP) is 4.04. The number of halogens is 2. The Bertz CT molecular complexity index is 298. The molecular weight excluding hydrogens is 268 g/mol. The van der Waals surface area contributed by atoms with Crippen LogP contribution in [0.1, 0.15) is 54.4 Å². The summed E-state index contributed by atoms with van der Waals surface area (Å²) in [7, 11) is 0. The third-order valence-electron chi connectivity index (χ3n) is 2.53. The summed E-state index contributed by atoms with van der Waals surface area (Å²) in [5.74, 6) is 0. The molecule has 1 fully saturated rings. The van der Waals surface area contributed by atoms with Crippen molar-refractivity contribution >= 4 is 6.09 Å². The van der Waals surface area contributed by atoms with Crippen LogP contribution in [0, 0.1) is 0 Å². The quantitative estimate of drug-likeness (QED) is 0.788. The van der Waals surface area contributed by atoms with Crippen LogP contribution in [0.2, 0.25) is 0 Å². The van der Waals surface area contributed by atoms with Crippen LogP contribution in [0.15, 0.2) is 0 Å². The predicted molar refractivity (Wildman–Crippen MR) is 73.9 cm³/mol. The number of hydrogen-bond acceptors (Lipinski definition) is 3. The van der Waals surface area contributed by atoms with Gasteiger partial charge in [0.05, 0.1) is 12.6 Å². The van der Waals surface area contributed by atoms with Crippen LogP contribution in [0.5, 0.6) is 0 Å². The van der Waals surface area contributed by atoms with Gasteiger partial charge >= 0.3 is 12.2 Å². The average Bonchev–Trinajstić information content (AvgIpc) is 2.74. The van der Waals surface area contributed by atoms with Gasteiger partial charge in [-0.15, -0.1) is 0 Å². The smallest absolute Gasteiger partial charge is 0.410 e. The summed E-state index contributed by atoms with van der Waals surface area (Å²) in [4.78, 5) is 13.3. The Morgan fingerprint density at radius 3 is 2.25 bits per heavy atom. The van der Waals surface area contributed by atoms with Gasteiger partial charge in [0.1, 0.15) is 5.60 Å². The minimum absolute atomic E-state index is 0.164. The van der Waals surface area contributed by atoms with Crippen LogP contribution in [-0.4, -0.2) is 41.9 Å². The second-order valence-electron chi connectivity index (χ2n) is 5.59. The number of carbonyl (C=O) groups is 1. The molecule has 1 rings (SSSR count). The van der Waals surface area contributed by atoms with Gasteiger partial charge in [0.25, 0.3) is 0 Å². The van der Waals surface area contributed by atoms with E-state index in [0.717, 1.165) is 6.42 Å². The summed E-state index contributed by atoms with van der Waals surface area (Å²) in [5, 5.41) is 0. The van der Waals surface area contributed by atoms with E-state index in [1.165, 1.54) is 4.90 Å². The van der Waals surface area contributed by atoms with E-state index in [0.29, 0.717) is 19.9 Å². The van der Waals surface area contributed by atoms with E-state index in [1.807, 2.05) is 13.8 Å². The van der Waals surface area contributed by atoms with Crippen molar-refractivity contribution in [2.45, 2.75) is 72.1 Å². The maximum atomic E-state index is 12.6. The highest BCUT2D eigenvalue weighted by Crippen LogP contribution is 2.23. The molecule has 0 aliphatic carbocycles. The molecule has 0 aromatic rings. The molecule has 1 unspecified atom stereocenters. The number of likely N-dealkylation sites (tertiary alicyclic amines) is 1. The Kier molecular flexibility index (Phi) is 7.41. The summed E-state index contributed by atoms with van der Waals surface area (Å²) in [5.41, 5.74) is -0.584. The molecule has 4 nitrogen and oxygen atoms in total. The molecule has 1 aliphatic rings. The number of alkyl halides is 2. The summed E-state index contributed by atoms with van der Waals surface area (Å²) in [6.07, 6.45) is -2.19. The fourth-order valence-electron chi connectivity index (χ4n) is 1.81. The van der Waals surface area contributed by atoms with Crippen LogP contribution in [-0.2, 0) is 9.47 Å². The minimum atomic E-state index is -3.16. The van der Waals surface area contributed by atoms with Crippen LogP contribution in [0.25, 0.3) is 0 Å². The topological polar surface area (TPSA) is 38.8 Å². The van der Waals surface area contributed by atoms with Gasteiger partial charge in [-0.25, -0.2) is 4.79 Å². The zero-order valence-corrected chi connectivity index (χ0v) is 13.3. The van der Waals surface area contributed by atoms with E-state index < -0.39 is 17.8 Å². The van der Waals surface area contributed by atoms with Gasteiger partial charge in [-0.1, -0.05) is 13.8 Å². The molecule has 1 heterocycles. The number of amides is 1. The van der Waals surface area contributed by atoms with Gasteiger partial charge in [-0.05, 0) is 33.6 Å². The SMILES string of the molecule is CC.CC(C)(C)OC(=O)N1CCCC1COC(C)(F)F. The first-order valence-corrected chi connectivity index (χ1v) is 7.10. The van der Waals surface area contributed by atoms with Crippen molar-refractivity contribution < 1.29 is 23.0 Å². The molecule has 6 heteroatoms. The van der Waals surface area contributed by atoms with E-state index in [1.54, 1.807) is 20.8 Å². The molecule has 1 amide bonds. The summed E-state index contributed by atoms with van der Waals surface area (Å²) < 4.78 is 34.9. The molecule has 1 atom stereocenters. The van der Waals surface area contributed by atoms with Crippen molar-refractivity contribution in [2.75, 3.05) is 13.2 Å². The van der Waals surface area contributed by atoms with Crippen molar-refractivity contribution in [1.82, 2.24) is 4.90 Å². The standard InChI is InChI=1S/C12H21F2NO3.C2H6/c1-11(2,3)18-10(16)15-7-5-6-9(15)8-17-12(4,13)14;1-2/h9H,5-8H2,1-4H3;1-2H3. The Balaban J connectivity index is 0.00000172. The molecule has 0 N–H and O–H groups in total. The molecule has 20 heavy (non-hydrogen) atoms. The van der Waals surface area contributed by atoms with E-state index in [4.69, 9.17) is 4.74 Å². The third-order valence-corrected chi connectivity index (χ3v) is 2.53. The summed E-state index contributed by atoms with van der Waals surface area (Å²) >= 11 is 0. The van der Waals surface area contributed by atoms with E-state index in [-0.39, 0.29) is 12.6 Å². The molecule has 0 aromatic carbocycles. The Hall–Kier alpha value is -0.910. The molecule has 1 aliphatic heterocycles. The van der Waals surface area contributed by atoms with E-state index in [2.05, 4.69) is 4.74 Å². The number of rotatable bonds is 3. The zero-order chi connectivity index (χ0) is 16.0. The van der Waals surface area contributed by atoms with Crippen LogP contribution >= 0.6 is 0 Å². The second kappa shape index (κ2) is 7.76. The molecule has 0 radical (unpaired) electrons. The highest BCUT2D eigenvalue weighted by molar-refractivity contribution is 5.68. The maximum Gasteiger partial charge on any atom is 0.410 e. The van der Waals surface area contributed by atoms with Crippen LogP contribution in [0.3, 0.4) is 0 Å². The highest BCUT2D eigenvalue weighted by Gasteiger charge is 2.34. The lowest BCUT2D eigenvalue weighted by Crippen LogP contribution is -2.42. The van der Waals surface area contributed by atoms with Gasteiger partial charge in [0, 0.05) is 13.5 Å². The monoisotopic (exact) mass is 295 g/mol. The lowest BCUT2D eigenvalue weighted by atomic mass is 10.2. The van der Waals surface area contributed by atoms with Gasteiger partial charge in [0.15, 0.2) is 0 Å². The fourth-order valence-corrected chi connectivity index (χ4v) is 1.81. The van der Waals surface area contributed by atoms with Gasteiger partial charge in [0.2, 0.25) is 0 Å². The van der Waals surface area contributed by atoms with Crippen LogP contribution in [0.4, 0.5) is 13.6 Å². The molecule has 1 saturated heterocycles. The van der Waals surface area contributed by atoms with Gasteiger partial charge < -0.3 is 14.4 Å². The van der Waals surface area contributed by atoms with Crippen molar-refractivity contribution in [3.05, 3.63) is 0 Å². The van der Waals surface area contributed by atoms with Crippen LogP contribution < -0.4 is 0 Å². The lowest BCUT2D eigenvalue weighted by Gasteiger charge is -2.29. The van der Waals surface area contributed by atoms with E-state index >= 15 is 0 Å². The Morgan fingerprint density at radius 2 is 1.80 bits per heavy atom. The molecular formula is C14H27F2NO3. The first kappa shape index (κ1) is 19.1. The van der Waals surface area contributed by atoms with Crippen molar-refractivity contribution in [3.8, 4) is 0 Å². The summed E-state index contributed by atoms with van der Waals surface area (Å²) in [6.45, 7) is 10.4. The van der Waals surface area contributed by atoms with Crippen molar-refractivity contribution in [2.24, 2.45) is 0 Å². The van der Waals surface area contributed by atoms with Gasteiger partial charge in [-0.3, -0.25) is 0 Å². The average molecular weight is 295 g/mol. The zero-order valence-electron chi connectivity index (χ0n) is 13.3. The number of carbonyl (C=O) groups excluding carboxylic acids is 1. The molecule has 0 bridgehead atoms. The highest BCUT2D eigenvalue weighted by atomic mass is 19.3. The fraction of sp³-hybridized carbons (Fsp3) is 0.929. The second-order valence-corrected chi connectivity index (χ2v) is 5.59. The maximum absolute atomic E-state index is 12.6. The normalized spacial score (nSPS) is 19.4. The van der Waals surface area contributed by atoms with Gasteiger partial charge in [-0.2, -0.15) is 8.78 Å². The third kappa shape index (κ3) is 7.62. The number of nitrogens with zero attached hydrogens (tertiary/aromatic N) is 1.